The van der Waals surface area contributed by atoms with Crippen molar-refractivity contribution < 1.29 is 13.6 Å². The minimum atomic E-state index is -0.444. The summed E-state index contributed by atoms with van der Waals surface area (Å²) in [7, 11) is 0. The molecule has 0 fully saturated rings. The minimum absolute atomic E-state index is 0.183. The molecule has 4 rings (SSSR count). The Morgan fingerprint density at radius 3 is 2.82 bits per heavy atom. The van der Waals surface area contributed by atoms with Crippen LogP contribution in [0.25, 0.3) is 22.3 Å². The third-order valence-electron chi connectivity index (χ3n) is 3.85. The van der Waals surface area contributed by atoms with Crippen LogP contribution in [-0.4, -0.2) is 12.1 Å². The molecule has 8 heteroatoms. The zero-order valence-electron chi connectivity index (χ0n) is 14.1. The van der Waals surface area contributed by atoms with Gasteiger partial charge in [-0.2, -0.15) is 5.10 Å². The summed E-state index contributed by atoms with van der Waals surface area (Å²) in [5.41, 5.74) is 3.96. The van der Waals surface area contributed by atoms with E-state index in [0.29, 0.717) is 22.1 Å². The lowest BCUT2D eigenvalue weighted by atomic mass is 10.2. The maximum Gasteiger partial charge on any atom is 0.307 e. The van der Waals surface area contributed by atoms with E-state index in [-0.39, 0.29) is 5.76 Å². The fourth-order valence-corrected chi connectivity index (χ4v) is 4.47. The Kier molecular flexibility index (Phi) is 5.56. The highest BCUT2D eigenvalue weighted by molar-refractivity contribution is 14.1. The zero-order valence-corrected chi connectivity index (χ0v) is 18.6. The summed E-state index contributed by atoms with van der Waals surface area (Å²) in [6.07, 6.45) is 1.43. The van der Waals surface area contributed by atoms with E-state index in [1.165, 1.54) is 6.21 Å². The summed E-state index contributed by atoms with van der Waals surface area (Å²) >= 11 is 11.6. The van der Waals surface area contributed by atoms with Crippen molar-refractivity contribution in [3.05, 3.63) is 79.2 Å². The first-order valence-electron chi connectivity index (χ1n) is 8.07. The van der Waals surface area contributed by atoms with Crippen LogP contribution in [0.4, 0.5) is 0 Å². The number of carbonyl (C=O) groups is 1. The molecule has 2 aromatic heterocycles. The third kappa shape index (κ3) is 4.16. The van der Waals surface area contributed by atoms with Gasteiger partial charge in [-0.25, -0.2) is 5.43 Å². The molecule has 2 heterocycles. The van der Waals surface area contributed by atoms with E-state index in [2.05, 4.69) is 49.0 Å². The van der Waals surface area contributed by atoms with Gasteiger partial charge >= 0.3 is 5.91 Å². The van der Waals surface area contributed by atoms with Crippen molar-refractivity contribution >= 4 is 73.2 Å². The number of rotatable bonds is 4. The van der Waals surface area contributed by atoms with Crippen molar-refractivity contribution in [2.75, 3.05) is 0 Å². The van der Waals surface area contributed by atoms with Gasteiger partial charge in [0.15, 0.2) is 5.76 Å². The molecular weight excluding hydrogens is 558 g/mol. The molecule has 1 N–H and O–H groups in total. The van der Waals surface area contributed by atoms with Crippen molar-refractivity contribution in [2.24, 2.45) is 5.10 Å². The highest BCUT2D eigenvalue weighted by atomic mass is 127. The molecule has 0 aliphatic carbocycles. The summed E-state index contributed by atoms with van der Waals surface area (Å²) < 4.78 is 13.2. The summed E-state index contributed by atoms with van der Waals surface area (Å²) in [4.78, 5) is 12.3. The highest BCUT2D eigenvalue weighted by Crippen LogP contribution is 2.28. The Hall–Kier alpha value is -2.10. The second kappa shape index (κ2) is 8.10. The molecule has 0 saturated carbocycles. The number of amides is 1. The first-order chi connectivity index (χ1) is 13.5. The number of nitrogens with one attached hydrogen (secondary N) is 1. The average Bonchev–Trinajstić information content (AvgIpc) is 3.29. The molecule has 5 nitrogen and oxygen atoms in total. The SMILES string of the molecule is O=C(N/N=C\c1ccc(-c2cccc(Cl)c2)o1)c1cc2cc(Br)cc(I)c2o1. The number of hydrogen-bond acceptors (Lipinski definition) is 4. The molecular formula is C20H11BrClIN2O3. The predicted molar refractivity (Wildman–Crippen MR) is 121 cm³/mol. The van der Waals surface area contributed by atoms with Gasteiger partial charge in [-0.1, -0.05) is 39.7 Å². The Labute approximate surface area is 187 Å². The van der Waals surface area contributed by atoms with Gasteiger partial charge in [0.1, 0.15) is 17.1 Å². The number of hydrazone groups is 1. The van der Waals surface area contributed by atoms with Crippen LogP contribution in [0.2, 0.25) is 5.02 Å². The van der Waals surface area contributed by atoms with E-state index in [4.69, 9.17) is 20.4 Å². The Morgan fingerprint density at radius 1 is 1.14 bits per heavy atom. The fraction of sp³-hybridized carbons (Fsp3) is 0. The number of carbonyl (C=O) groups excluding carboxylic acids is 1. The maximum absolute atomic E-state index is 12.3. The number of fused-ring (bicyclic) bond motifs is 1. The van der Waals surface area contributed by atoms with Crippen LogP contribution in [0.3, 0.4) is 0 Å². The van der Waals surface area contributed by atoms with Gasteiger partial charge in [0.25, 0.3) is 0 Å². The summed E-state index contributed by atoms with van der Waals surface area (Å²) in [5, 5.41) is 5.40. The Balaban J connectivity index is 1.46. The maximum atomic E-state index is 12.3. The van der Waals surface area contributed by atoms with E-state index in [1.807, 2.05) is 36.4 Å². The standard InChI is InChI=1S/C20H11BrClIN2O3/c21-13-6-12-8-18(28-19(12)16(23)9-13)20(26)25-24-10-15-4-5-17(27-15)11-2-1-3-14(22)7-11/h1-10H,(H,25,26)/b24-10-. The molecule has 140 valence electrons. The first kappa shape index (κ1) is 19.2. The van der Waals surface area contributed by atoms with Crippen LogP contribution >= 0.6 is 50.1 Å². The van der Waals surface area contributed by atoms with Crippen LogP contribution in [0.15, 0.2) is 73.0 Å². The molecule has 28 heavy (non-hydrogen) atoms. The van der Waals surface area contributed by atoms with Crippen LogP contribution < -0.4 is 5.43 Å². The van der Waals surface area contributed by atoms with E-state index in [9.17, 15) is 4.79 Å². The lowest BCUT2D eigenvalue weighted by Crippen LogP contribution is -2.16. The molecule has 0 atom stereocenters. The summed E-state index contributed by atoms with van der Waals surface area (Å²) in [5.74, 6) is 0.897. The van der Waals surface area contributed by atoms with Crippen LogP contribution in [-0.2, 0) is 0 Å². The molecule has 2 aromatic carbocycles. The topological polar surface area (TPSA) is 67.7 Å². The molecule has 0 aliphatic rings. The van der Waals surface area contributed by atoms with Gasteiger partial charge in [-0.05, 0) is 65.1 Å². The molecule has 0 spiro atoms. The molecule has 0 bridgehead atoms. The normalized spacial score (nSPS) is 11.4. The van der Waals surface area contributed by atoms with Crippen molar-refractivity contribution in [1.29, 1.82) is 0 Å². The Morgan fingerprint density at radius 2 is 2.00 bits per heavy atom. The van der Waals surface area contributed by atoms with Crippen molar-refractivity contribution in [1.82, 2.24) is 5.43 Å². The molecule has 0 saturated heterocycles. The molecule has 4 aromatic rings. The number of benzene rings is 2. The zero-order chi connectivity index (χ0) is 19.7. The molecule has 0 radical (unpaired) electrons. The van der Waals surface area contributed by atoms with E-state index < -0.39 is 5.91 Å². The first-order valence-corrected chi connectivity index (χ1v) is 10.3. The van der Waals surface area contributed by atoms with E-state index in [1.54, 1.807) is 18.2 Å². The lowest BCUT2D eigenvalue weighted by Gasteiger charge is -1.97. The lowest BCUT2D eigenvalue weighted by molar-refractivity contribution is 0.0929. The number of halogens is 3. The predicted octanol–water partition coefficient (Wildman–Crippen LogP) is 6.48. The van der Waals surface area contributed by atoms with Gasteiger partial charge in [-0.15, -0.1) is 0 Å². The number of furan rings is 2. The van der Waals surface area contributed by atoms with Crippen LogP contribution in [0, 0.1) is 3.57 Å². The largest absolute Gasteiger partial charge is 0.455 e. The summed E-state index contributed by atoms with van der Waals surface area (Å²) in [6.45, 7) is 0. The second-order valence-electron chi connectivity index (χ2n) is 5.83. The quantitative estimate of drug-likeness (QED) is 0.174. The number of hydrogen-bond donors (Lipinski definition) is 1. The monoisotopic (exact) mass is 568 g/mol. The van der Waals surface area contributed by atoms with Crippen molar-refractivity contribution in [3.8, 4) is 11.3 Å². The number of nitrogens with zero attached hydrogens (tertiary/aromatic N) is 1. The average molecular weight is 570 g/mol. The molecule has 0 unspecified atom stereocenters. The van der Waals surface area contributed by atoms with E-state index in [0.717, 1.165) is 19.0 Å². The second-order valence-corrected chi connectivity index (χ2v) is 8.34. The van der Waals surface area contributed by atoms with Crippen molar-refractivity contribution in [2.45, 2.75) is 0 Å². The Bertz CT molecular complexity index is 1220. The van der Waals surface area contributed by atoms with Crippen LogP contribution in [0.5, 0.6) is 0 Å². The third-order valence-corrected chi connectivity index (χ3v) is 5.35. The van der Waals surface area contributed by atoms with Gasteiger partial charge in [0, 0.05) is 20.4 Å². The minimum Gasteiger partial charge on any atom is -0.455 e. The van der Waals surface area contributed by atoms with Gasteiger partial charge in [0.05, 0.1) is 9.78 Å². The van der Waals surface area contributed by atoms with Crippen molar-refractivity contribution in [3.63, 3.8) is 0 Å². The smallest absolute Gasteiger partial charge is 0.307 e. The van der Waals surface area contributed by atoms with Gasteiger partial charge < -0.3 is 8.83 Å². The highest BCUT2D eigenvalue weighted by Gasteiger charge is 2.14. The van der Waals surface area contributed by atoms with Gasteiger partial charge in [-0.3, -0.25) is 4.79 Å². The van der Waals surface area contributed by atoms with Crippen LogP contribution in [0.1, 0.15) is 16.3 Å². The fourth-order valence-electron chi connectivity index (χ4n) is 2.62. The summed E-state index contributed by atoms with van der Waals surface area (Å²) in [6, 6.07) is 16.4. The molecule has 0 aliphatic heterocycles. The van der Waals surface area contributed by atoms with E-state index >= 15 is 0 Å². The molecule has 1 amide bonds. The van der Waals surface area contributed by atoms with Gasteiger partial charge in [0.2, 0.25) is 0 Å².